The second-order valence-corrected chi connectivity index (χ2v) is 10.7. The number of allylic oxidation sites excluding steroid dienone is 16. The van der Waals surface area contributed by atoms with Crippen molar-refractivity contribution in [3.8, 4) is 0 Å². The van der Waals surface area contributed by atoms with Crippen LogP contribution in [0, 0.1) is 23.2 Å². The van der Waals surface area contributed by atoms with Crippen molar-refractivity contribution in [2.24, 2.45) is 23.2 Å². The second-order valence-electron chi connectivity index (χ2n) is 9.72. The smallest absolute Gasteiger partial charge is 0.00931 e. The van der Waals surface area contributed by atoms with E-state index in [4.69, 9.17) is 0 Å². The fraction of sp³-hybridized carbons (Fsp3) is 0.407. The molecular formula is C27H27Br. The van der Waals surface area contributed by atoms with E-state index in [0.29, 0.717) is 17.8 Å². The first-order valence-corrected chi connectivity index (χ1v) is 11.7. The van der Waals surface area contributed by atoms with E-state index in [9.17, 15) is 0 Å². The molecule has 3 atom stereocenters. The average molecular weight is 431 g/mol. The highest BCUT2D eigenvalue weighted by molar-refractivity contribution is 9.11. The monoisotopic (exact) mass is 430 g/mol. The van der Waals surface area contributed by atoms with Crippen LogP contribution >= 0.6 is 15.9 Å². The van der Waals surface area contributed by atoms with E-state index < -0.39 is 0 Å². The molecule has 1 heteroatoms. The fourth-order valence-electron chi connectivity index (χ4n) is 6.64. The Bertz CT molecular complexity index is 1030. The topological polar surface area (TPSA) is 0 Å². The zero-order chi connectivity index (χ0) is 19.0. The van der Waals surface area contributed by atoms with Crippen molar-refractivity contribution in [2.45, 2.75) is 46.0 Å². The quantitative estimate of drug-likeness (QED) is 0.369. The number of hydrogen-bond acceptors (Lipinski definition) is 0. The van der Waals surface area contributed by atoms with Crippen LogP contribution in [0.5, 0.6) is 0 Å². The zero-order valence-corrected chi connectivity index (χ0v) is 18.4. The van der Waals surface area contributed by atoms with Crippen LogP contribution in [0.1, 0.15) is 46.0 Å². The third-order valence-corrected chi connectivity index (χ3v) is 8.69. The first kappa shape index (κ1) is 17.3. The van der Waals surface area contributed by atoms with Crippen LogP contribution in [-0.4, -0.2) is 0 Å². The van der Waals surface area contributed by atoms with Crippen molar-refractivity contribution in [1.82, 2.24) is 0 Å². The van der Waals surface area contributed by atoms with Gasteiger partial charge in [0.05, 0.1) is 0 Å². The molecule has 6 aliphatic carbocycles. The molecule has 0 aromatic carbocycles. The molecular weight excluding hydrogens is 404 g/mol. The molecule has 0 heterocycles. The highest BCUT2D eigenvalue weighted by atomic mass is 79.9. The highest BCUT2D eigenvalue weighted by Crippen LogP contribution is 2.61. The maximum atomic E-state index is 3.79. The lowest BCUT2D eigenvalue weighted by molar-refractivity contribution is 0.327. The molecule has 0 aromatic heterocycles. The summed E-state index contributed by atoms with van der Waals surface area (Å²) in [6.07, 6.45) is 25.4. The van der Waals surface area contributed by atoms with Crippen LogP contribution in [0.15, 0.2) is 92.1 Å². The van der Waals surface area contributed by atoms with Gasteiger partial charge in [-0.2, -0.15) is 0 Å². The summed E-state index contributed by atoms with van der Waals surface area (Å²) in [5.74, 6) is 1.86. The molecule has 28 heavy (non-hydrogen) atoms. The minimum atomic E-state index is 0.216. The van der Waals surface area contributed by atoms with Crippen LogP contribution in [0.4, 0.5) is 0 Å². The molecule has 0 spiro atoms. The molecule has 0 saturated carbocycles. The summed E-state index contributed by atoms with van der Waals surface area (Å²) in [6, 6.07) is 0. The van der Waals surface area contributed by atoms with Gasteiger partial charge in [0.15, 0.2) is 0 Å². The minimum absolute atomic E-state index is 0.216. The average Bonchev–Trinajstić information content (AvgIpc) is 2.93. The largest absolute Gasteiger partial charge is 0.0842 e. The highest BCUT2D eigenvalue weighted by Gasteiger charge is 2.48. The summed E-state index contributed by atoms with van der Waals surface area (Å²) in [5, 5.41) is 0. The van der Waals surface area contributed by atoms with Crippen molar-refractivity contribution in [3.63, 3.8) is 0 Å². The lowest BCUT2D eigenvalue weighted by atomic mass is 9.61. The van der Waals surface area contributed by atoms with Crippen LogP contribution in [0.2, 0.25) is 0 Å². The van der Waals surface area contributed by atoms with E-state index in [1.54, 1.807) is 39.0 Å². The van der Waals surface area contributed by atoms with Crippen LogP contribution in [0.3, 0.4) is 0 Å². The molecule has 0 N–H and O–H groups in total. The van der Waals surface area contributed by atoms with Gasteiger partial charge in [0.25, 0.3) is 0 Å². The van der Waals surface area contributed by atoms with Crippen LogP contribution in [-0.2, 0) is 0 Å². The summed E-state index contributed by atoms with van der Waals surface area (Å²) in [5.41, 5.74) is 11.5. The SMILES string of the molecule is CC1(C)C2=C(CCC(Br)=C2)C2=CC3=C4C=CCCC4C4C=CC=CC4=C3CC21. The Kier molecular flexibility index (Phi) is 3.67. The van der Waals surface area contributed by atoms with Gasteiger partial charge in [-0.3, -0.25) is 0 Å². The van der Waals surface area contributed by atoms with Crippen molar-refractivity contribution >= 4 is 15.9 Å². The van der Waals surface area contributed by atoms with Gasteiger partial charge >= 0.3 is 0 Å². The Morgan fingerprint density at radius 1 is 1.00 bits per heavy atom. The molecule has 0 bridgehead atoms. The molecule has 6 rings (SSSR count). The van der Waals surface area contributed by atoms with Crippen molar-refractivity contribution in [2.75, 3.05) is 0 Å². The van der Waals surface area contributed by atoms with Gasteiger partial charge < -0.3 is 0 Å². The van der Waals surface area contributed by atoms with Crippen LogP contribution < -0.4 is 0 Å². The molecule has 0 radical (unpaired) electrons. The van der Waals surface area contributed by atoms with Gasteiger partial charge in [-0.1, -0.05) is 72.3 Å². The van der Waals surface area contributed by atoms with E-state index in [2.05, 4.69) is 78.4 Å². The summed E-state index contributed by atoms with van der Waals surface area (Å²) >= 11 is 3.79. The Morgan fingerprint density at radius 2 is 1.89 bits per heavy atom. The third kappa shape index (κ3) is 2.23. The number of hydrogen-bond donors (Lipinski definition) is 0. The fourth-order valence-corrected chi connectivity index (χ4v) is 7.06. The molecule has 0 aliphatic heterocycles. The predicted octanol–water partition coefficient (Wildman–Crippen LogP) is 7.66. The van der Waals surface area contributed by atoms with E-state index in [-0.39, 0.29) is 5.41 Å². The van der Waals surface area contributed by atoms with Gasteiger partial charge in [-0.25, -0.2) is 0 Å². The maximum absolute atomic E-state index is 3.79. The number of rotatable bonds is 0. The van der Waals surface area contributed by atoms with E-state index in [0.717, 1.165) is 6.42 Å². The van der Waals surface area contributed by atoms with Gasteiger partial charge in [-0.05, 0) is 98.9 Å². The summed E-state index contributed by atoms with van der Waals surface area (Å²) in [4.78, 5) is 0. The van der Waals surface area contributed by atoms with E-state index in [1.807, 2.05) is 0 Å². The van der Waals surface area contributed by atoms with Crippen molar-refractivity contribution < 1.29 is 0 Å². The van der Waals surface area contributed by atoms with Gasteiger partial charge in [0, 0.05) is 5.92 Å². The number of halogens is 1. The molecule has 0 aromatic rings. The Morgan fingerprint density at radius 3 is 2.79 bits per heavy atom. The predicted molar refractivity (Wildman–Crippen MR) is 121 cm³/mol. The summed E-state index contributed by atoms with van der Waals surface area (Å²) in [6.45, 7) is 4.94. The van der Waals surface area contributed by atoms with Crippen molar-refractivity contribution in [1.29, 1.82) is 0 Å². The van der Waals surface area contributed by atoms with Gasteiger partial charge in [-0.15, -0.1) is 0 Å². The Hall–Kier alpha value is -1.60. The normalized spacial score (nSPS) is 34.5. The van der Waals surface area contributed by atoms with E-state index in [1.165, 1.54) is 30.2 Å². The summed E-state index contributed by atoms with van der Waals surface area (Å²) < 4.78 is 1.37. The second kappa shape index (κ2) is 5.95. The minimum Gasteiger partial charge on any atom is -0.0842 e. The van der Waals surface area contributed by atoms with Gasteiger partial charge in [0.1, 0.15) is 0 Å². The lowest BCUT2D eigenvalue weighted by Gasteiger charge is -2.42. The van der Waals surface area contributed by atoms with Crippen LogP contribution in [0.25, 0.3) is 0 Å². The zero-order valence-electron chi connectivity index (χ0n) is 16.8. The summed E-state index contributed by atoms with van der Waals surface area (Å²) in [7, 11) is 0. The molecule has 142 valence electrons. The third-order valence-electron chi connectivity index (χ3n) is 8.06. The maximum Gasteiger partial charge on any atom is 0.00931 e. The molecule has 0 fully saturated rings. The first-order chi connectivity index (χ1) is 13.6. The standard InChI is InChI=1S/C27H27Br/c1-27(2)25-13-16(28)11-12-21(25)24-14-22-19-9-5-3-7-17(19)18-8-4-6-10-20(18)23(22)15-26(24)27/h4-6,8-10,13-14,17-18,26H,3,7,11-12,15H2,1-2H3. The Labute approximate surface area is 177 Å². The molecule has 0 amide bonds. The van der Waals surface area contributed by atoms with E-state index >= 15 is 0 Å². The molecule has 3 unspecified atom stereocenters. The molecule has 6 aliphatic rings. The first-order valence-electron chi connectivity index (χ1n) is 10.9. The Balaban J connectivity index is 1.59. The van der Waals surface area contributed by atoms with Crippen molar-refractivity contribution in [3.05, 3.63) is 92.1 Å². The molecule has 0 nitrogen and oxygen atoms in total. The number of fused-ring (bicyclic) bond motifs is 6. The lowest BCUT2D eigenvalue weighted by Crippen LogP contribution is -2.30. The van der Waals surface area contributed by atoms with Gasteiger partial charge in [0.2, 0.25) is 0 Å². The molecule has 0 saturated heterocycles.